The zero-order valence-corrected chi connectivity index (χ0v) is 21.9. The molecule has 0 spiro atoms. The first-order valence-electron chi connectivity index (χ1n) is 11.7. The number of amides is 3. The van der Waals surface area contributed by atoms with Gasteiger partial charge in [-0.2, -0.15) is 0 Å². The Balaban J connectivity index is 1.53. The molecule has 12 heteroatoms. The Bertz CT molecular complexity index is 1450. The average Bonchev–Trinajstić information content (AvgIpc) is 3.31. The Morgan fingerprint density at radius 2 is 1.82 bits per heavy atom. The largest absolute Gasteiger partial charge is 0.377 e. The van der Waals surface area contributed by atoms with Crippen LogP contribution in [0.1, 0.15) is 13.3 Å². The highest BCUT2D eigenvalue weighted by atomic mass is 35.5. The minimum Gasteiger partial charge on any atom is -0.377 e. The molecular formula is C26H26ClFN4O5S. The summed E-state index contributed by atoms with van der Waals surface area (Å²) in [6.45, 7) is 2.40. The summed E-state index contributed by atoms with van der Waals surface area (Å²) in [5.41, 5.74) is 0.878. The van der Waals surface area contributed by atoms with Crippen LogP contribution in [0.4, 0.5) is 20.6 Å². The van der Waals surface area contributed by atoms with Crippen LogP contribution in [0.3, 0.4) is 0 Å². The smallest absolute Gasteiger partial charge is 0.322 e. The molecule has 2 unspecified atom stereocenters. The number of urea groups is 1. The molecule has 3 aromatic rings. The van der Waals surface area contributed by atoms with Crippen LogP contribution in [0.15, 0.2) is 71.6 Å². The molecule has 1 aliphatic heterocycles. The number of nitrogens with one attached hydrogen (secondary N) is 2. The minimum atomic E-state index is -4.04. The van der Waals surface area contributed by atoms with Gasteiger partial charge in [0.25, 0.3) is 0 Å². The van der Waals surface area contributed by atoms with Gasteiger partial charge in [-0.25, -0.2) is 22.7 Å². The molecule has 38 heavy (non-hydrogen) atoms. The van der Waals surface area contributed by atoms with Gasteiger partial charge in [-0.15, -0.1) is 0 Å². The van der Waals surface area contributed by atoms with Gasteiger partial charge in [-0.1, -0.05) is 35.9 Å². The van der Waals surface area contributed by atoms with Gasteiger partial charge in [0.2, 0.25) is 15.9 Å². The van der Waals surface area contributed by atoms with Crippen LogP contribution in [0.25, 0.3) is 11.1 Å². The number of carbonyl (C=O) groups is 2. The van der Waals surface area contributed by atoms with Crippen LogP contribution in [-0.2, 0) is 19.6 Å². The number of rotatable bonds is 7. The van der Waals surface area contributed by atoms with E-state index in [2.05, 4.69) is 10.6 Å². The number of hydrogen-bond acceptors (Lipinski definition) is 5. The Labute approximate surface area is 224 Å². The molecule has 0 radical (unpaired) electrons. The fourth-order valence-corrected chi connectivity index (χ4v) is 5.20. The summed E-state index contributed by atoms with van der Waals surface area (Å²) in [6.07, 6.45) is -0.136. The molecule has 4 rings (SSSR count). The standard InChI is InChI=1S/C26H26ClFN4O5S/c1-2-37-19-14-23(32(15-19)26(34)30-18-10-8-17(27)9-11-18)25(33)31-22-12-7-16(13-21(22)28)20-5-3-4-6-24(20)38(29,35)36/h3-13,19,23H,2,14-15H2,1H3,(H,30,34)(H,31,33)(H2,29,35,36). The van der Waals surface area contributed by atoms with E-state index in [1.54, 1.807) is 30.3 Å². The number of anilines is 2. The lowest BCUT2D eigenvalue weighted by Gasteiger charge is -2.24. The maximum Gasteiger partial charge on any atom is 0.322 e. The summed E-state index contributed by atoms with van der Waals surface area (Å²) in [6, 6.07) is 15.0. The van der Waals surface area contributed by atoms with Crippen LogP contribution in [-0.4, -0.2) is 50.6 Å². The first-order valence-corrected chi connectivity index (χ1v) is 13.7. The summed E-state index contributed by atoms with van der Waals surface area (Å²) < 4.78 is 44.6. The van der Waals surface area contributed by atoms with Gasteiger partial charge >= 0.3 is 6.03 Å². The Morgan fingerprint density at radius 1 is 1.11 bits per heavy atom. The third-order valence-electron chi connectivity index (χ3n) is 6.06. The number of carbonyl (C=O) groups excluding carboxylic acids is 2. The summed E-state index contributed by atoms with van der Waals surface area (Å²) in [5.74, 6) is -1.37. The lowest BCUT2D eigenvalue weighted by atomic mass is 10.0. The molecule has 0 aliphatic carbocycles. The first kappa shape index (κ1) is 27.5. The van der Waals surface area contributed by atoms with E-state index < -0.39 is 33.8 Å². The van der Waals surface area contributed by atoms with Gasteiger partial charge < -0.3 is 20.3 Å². The third-order valence-corrected chi connectivity index (χ3v) is 7.28. The van der Waals surface area contributed by atoms with E-state index in [1.807, 2.05) is 6.92 Å². The maximum absolute atomic E-state index is 15.1. The summed E-state index contributed by atoms with van der Waals surface area (Å²) in [5, 5.41) is 11.1. The maximum atomic E-state index is 15.1. The highest BCUT2D eigenvalue weighted by molar-refractivity contribution is 7.89. The highest BCUT2D eigenvalue weighted by Gasteiger charge is 2.40. The van der Waals surface area contributed by atoms with Crippen molar-refractivity contribution >= 4 is 44.9 Å². The number of hydrogen-bond donors (Lipinski definition) is 3. The number of sulfonamides is 1. The molecule has 2 atom stereocenters. The molecule has 3 amide bonds. The number of ether oxygens (including phenoxy) is 1. The van der Waals surface area contributed by atoms with E-state index in [9.17, 15) is 18.0 Å². The number of benzene rings is 3. The first-order chi connectivity index (χ1) is 18.1. The van der Waals surface area contributed by atoms with Crippen molar-refractivity contribution < 1.29 is 27.1 Å². The molecule has 1 aliphatic rings. The van der Waals surface area contributed by atoms with Gasteiger partial charge in [0, 0.05) is 35.8 Å². The van der Waals surface area contributed by atoms with Crippen LogP contribution in [0.2, 0.25) is 5.02 Å². The summed E-state index contributed by atoms with van der Waals surface area (Å²) >= 11 is 5.90. The molecule has 9 nitrogen and oxygen atoms in total. The van der Waals surface area contributed by atoms with Crippen molar-refractivity contribution in [1.82, 2.24) is 4.90 Å². The quantitative estimate of drug-likeness (QED) is 0.393. The van der Waals surface area contributed by atoms with Crippen molar-refractivity contribution in [3.05, 3.63) is 77.6 Å². The van der Waals surface area contributed by atoms with Crippen LogP contribution in [0, 0.1) is 5.82 Å². The van der Waals surface area contributed by atoms with Gasteiger partial charge in [-0.3, -0.25) is 4.79 Å². The molecule has 0 saturated carbocycles. The molecule has 3 aromatic carbocycles. The van der Waals surface area contributed by atoms with Gasteiger partial charge in [0.15, 0.2) is 0 Å². The zero-order valence-electron chi connectivity index (χ0n) is 20.4. The van der Waals surface area contributed by atoms with Crippen molar-refractivity contribution in [3.63, 3.8) is 0 Å². The van der Waals surface area contributed by atoms with E-state index in [0.29, 0.717) is 17.3 Å². The molecular weight excluding hydrogens is 535 g/mol. The van der Waals surface area contributed by atoms with E-state index in [1.165, 1.54) is 35.2 Å². The fourth-order valence-electron chi connectivity index (χ4n) is 4.31. The second kappa shape index (κ2) is 11.5. The van der Waals surface area contributed by atoms with Gasteiger partial charge in [0.1, 0.15) is 11.9 Å². The van der Waals surface area contributed by atoms with Crippen LogP contribution in [0.5, 0.6) is 0 Å². The molecule has 1 saturated heterocycles. The number of nitrogens with zero attached hydrogens (tertiary/aromatic N) is 1. The summed E-state index contributed by atoms with van der Waals surface area (Å²) in [7, 11) is -4.04. The van der Waals surface area contributed by atoms with E-state index in [4.69, 9.17) is 21.5 Å². The van der Waals surface area contributed by atoms with Crippen molar-refractivity contribution in [2.24, 2.45) is 5.14 Å². The van der Waals surface area contributed by atoms with Gasteiger partial charge in [-0.05, 0) is 55.0 Å². The topological polar surface area (TPSA) is 131 Å². The highest BCUT2D eigenvalue weighted by Crippen LogP contribution is 2.30. The van der Waals surface area contributed by atoms with Crippen molar-refractivity contribution in [2.75, 3.05) is 23.8 Å². The number of primary sulfonamides is 1. The summed E-state index contributed by atoms with van der Waals surface area (Å²) in [4.78, 5) is 27.4. The number of nitrogens with two attached hydrogens (primary N) is 1. The number of likely N-dealkylation sites (tertiary alicyclic amines) is 1. The lowest BCUT2D eigenvalue weighted by molar-refractivity contribution is -0.119. The Kier molecular flexibility index (Phi) is 8.32. The molecule has 0 bridgehead atoms. The lowest BCUT2D eigenvalue weighted by Crippen LogP contribution is -2.45. The fraction of sp³-hybridized carbons (Fsp3) is 0.231. The number of halogens is 2. The minimum absolute atomic E-state index is 0.121. The zero-order chi connectivity index (χ0) is 27.4. The molecule has 0 aromatic heterocycles. The normalized spacial score (nSPS) is 17.3. The Hall–Kier alpha value is -3.51. The molecule has 1 fully saturated rings. The third kappa shape index (κ3) is 6.30. The molecule has 200 valence electrons. The van der Waals surface area contributed by atoms with Crippen LogP contribution < -0.4 is 15.8 Å². The monoisotopic (exact) mass is 560 g/mol. The second-order valence-corrected chi connectivity index (χ2v) is 10.6. The van der Waals surface area contributed by atoms with E-state index in [0.717, 1.165) is 6.07 Å². The van der Waals surface area contributed by atoms with Crippen molar-refractivity contribution in [1.29, 1.82) is 0 Å². The van der Waals surface area contributed by atoms with Crippen molar-refractivity contribution in [3.8, 4) is 11.1 Å². The second-order valence-electron chi connectivity index (χ2n) is 8.64. The van der Waals surface area contributed by atoms with E-state index >= 15 is 4.39 Å². The molecule has 4 N–H and O–H groups in total. The van der Waals surface area contributed by atoms with E-state index in [-0.39, 0.29) is 40.8 Å². The predicted octanol–water partition coefficient (Wildman–Crippen LogP) is 4.44. The predicted molar refractivity (Wildman–Crippen MR) is 143 cm³/mol. The van der Waals surface area contributed by atoms with Crippen molar-refractivity contribution in [2.45, 2.75) is 30.4 Å². The average molecular weight is 561 g/mol. The molecule has 1 heterocycles. The van der Waals surface area contributed by atoms with Gasteiger partial charge in [0.05, 0.1) is 16.7 Å². The Morgan fingerprint density at radius 3 is 2.47 bits per heavy atom. The van der Waals surface area contributed by atoms with Crippen LogP contribution >= 0.6 is 11.6 Å². The SMILES string of the molecule is CCOC1CC(C(=O)Nc2ccc(-c3ccccc3S(N)(=O)=O)cc2F)N(C(=O)Nc2ccc(Cl)cc2)C1.